The Balaban J connectivity index is 2.64. The van der Waals surface area contributed by atoms with Crippen LogP contribution in [0.3, 0.4) is 0 Å². The molecule has 0 unspecified atom stereocenters. The zero-order valence-corrected chi connectivity index (χ0v) is 8.09. The van der Waals surface area contributed by atoms with Crippen molar-refractivity contribution in [3.63, 3.8) is 0 Å². The van der Waals surface area contributed by atoms with E-state index >= 15 is 0 Å². The first-order valence-corrected chi connectivity index (χ1v) is 4.44. The summed E-state index contributed by atoms with van der Waals surface area (Å²) in [6.07, 6.45) is 2.08. The van der Waals surface area contributed by atoms with Crippen LogP contribution in [-0.4, -0.2) is 23.4 Å². The number of nitrogens with zero attached hydrogens (tertiary/aromatic N) is 2. The van der Waals surface area contributed by atoms with Crippen LogP contribution in [0.1, 0.15) is 18.3 Å². The predicted molar refractivity (Wildman–Crippen MR) is 50.2 cm³/mol. The van der Waals surface area contributed by atoms with E-state index in [0.29, 0.717) is 0 Å². The quantitative estimate of drug-likeness (QED) is 0.717. The summed E-state index contributed by atoms with van der Waals surface area (Å²) in [5.41, 5.74) is 2.49. The van der Waals surface area contributed by atoms with Crippen molar-refractivity contribution in [2.75, 3.05) is 13.6 Å². The van der Waals surface area contributed by atoms with Crippen LogP contribution in [0.2, 0.25) is 0 Å². The third kappa shape index (κ3) is 2.08. The Morgan fingerprint density at radius 2 is 2.33 bits per heavy atom. The minimum atomic E-state index is 1.02. The van der Waals surface area contributed by atoms with E-state index in [1.165, 1.54) is 11.4 Å². The summed E-state index contributed by atoms with van der Waals surface area (Å²) in [6, 6.07) is 2.18. The van der Waals surface area contributed by atoms with Crippen molar-refractivity contribution in [2.45, 2.75) is 19.8 Å². The van der Waals surface area contributed by atoms with Crippen LogP contribution in [0.5, 0.6) is 0 Å². The maximum absolute atomic E-state index is 4.37. The predicted octanol–water partition coefficient (Wildman–Crippen LogP) is 0.744. The van der Waals surface area contributed by atoms with E-state index in [-0.39, 0.29) is 0 Å². The maximum atomic E-state index is 4.37. The molecule has 1 aromatic heterocycles. The van der Waals surface area contributed by atoms with E-state index in [9.17, 15) is 0 Å². The lowest BCUT2D eigenvalue weighted by molar-refractivity contribution is 0.674. The average molecular weight is 167 g/mol. The van der Waals surface area contributed by atoms with Crippen molar-refractivity contribution < 1.29 is 0 Å². The van der Waals surface area contributed by atoms with Crippen molar-refractivity contribution in [3.8, 4) is 0 Å². The van der Waals surface area contributed by atoms with E-state index in [0.717, 1.165) is 19.4 Å². The molecule has 3 nitrogen and oxygen atoms in total. The van der Waals surface area contributed by atoms with Gasteiger partial charge in [-0.2, -0.15) is 5.10 Å². The second-order valence-corrected chi connectivity index (χ2v) is 2.96. The molecule has 0 saturated carbocycles. The van der Waals surface area contributed by atoms with Crippen LogP contribution >= 0.6 is 0 Å². The molecule has 3 heteroatoms. The molecule has 1 heterocycles. The number of hydrogen-bond donors (Lipinski definition) is 1. The molecule has 0 aliphatic heterocycles. The van der Waals surface area contributed by atoms with Crippen molar-refractivity contribution in [3.05, 3.63) is 17.5 Å². The summed E-state index contributed by atoms with van der Waals surface area (Å²) < 4.78 is 1.97. The fourth-order valence-electron chi connectivity index (χ4n) is 1.23. The van der Waals surface area contributed by atoms with Gasteiger partial charge in [0.05, 0.1) is 5.69 Å². The third-order valence-electron chi connectivity index (χ3n) is 2.02. The van der Waals surface area contributed by atoms with Gasteiger partial charge in [0, 0.05) is 25.7 Å². The van der Waals surface area contributed by atoms with Crippen molar-refractivity contribution in [2.24, 2.45) is 7.05 Å². The molecule has 0 radical (unpaired) electrons. The molecule has 0 saturated heterocycles. The van der Waals surface area contributed by atoms with Crippen LogP contribution in [-0.2, 0) is 19.9 Å². The van der Waals surface area contributed by atoms with Crippen molar-refractivity contribution in [1.82, 2.24) is 15.1 Å². The van der Waals surface area contributed by atoms with Gasteiger partial charge in [0.15, 0.2) is 0 Å². The Kier molecular flexibility index (Phi) is 3.29. The van der Waals surface area contributed by atoms with Gasteiger partial charge in [0.1, 0.15) is 0 Å². The molecular weight excluding hydrogens is 150 g/mol. The molecule has 0 aromatic carbocycles. The molecule has 68 valence electrons. The summed E-state index contributed by atoms with van der Waals surface area (Å²) in [4.78, 5) is 0. The van der Waals surface area contributed by atoms with Gasteiger partial charge in [-0.1, -0.05) is 6.92 Å². The van der Waals surface area contributed by atoms with Crippen molar-refractivity contribution in [1.29, 1.82) is 0 Å². The second-order valence-electron chi connectivity index (χ2n) is 2.96. The standard InChI is InChI=1S/C9H17N3/c1-4-8-7-9(5-6-10-2)12(3)11-8/h7,10H,4-6H2,1-3H3. The van der Waals surface area contributed by atoms with E-state index in [2.05, 4.69) is 23.4 Å². The highest BCUT2D eigenvalue weighted by atomic mass is 15.3. The van der Waals surface area contributed by atoms with Gasteiger partial charge >= 0.3 is 0 Å². The molecular formula is C9H17N3. The minimum Gasteiger partial charge on any atom is -0.319 e. The number of hydrogen-bond acceptors (Lipinski definition) is 2. The number of aromatic nitrogens is 2. The molecule has 12 heavy (non-hydrogen) atoms. The lowest BCUT2D eigenvalue weighted by atomic mass is 10.2. The lowest BCUT2D eigenvalue weighted by Crippen LogP contribution is -2.12. The van der Waals surface area contributed by atoms with Crippen LogP contribution in [0.25, 0.3) is 0 Å². The van der Waals surface area contributed by atoms with Gasteiger partial charge in [-0.15, -0.1) is 0 Å². The van der Waals surface area contributed by atoms with E-state index < -0.39 is 0 Å². The van der Waals surface area contributed by atoms with E-state index in [4.69, 9.17) is 0 Å². The van der Waals surface area contributed by atoms with E-state index in [1.807, 2.05) is 18.8 Å². The van der Waals surface area contributed by atoms with Crippen LogP contribution in [0, 0.1) is 0 Å². The fraction of sp³-hybridized carbons (Fsp3) is 0.667. The van der Waals surface area contributed by atoms with Gasteiger partial charge in [-0.25, -0.2) is 0 Å². The van der Waals surface area contributed by atoms with E-state index in [1.54, 1.807) is 0 Å². The normalized spacial score (nSPS) is 10.6. The molecule has 1 aromatic rings. The number of nitrogens with one attached hydrogen (secondary N) is 1. The minimum absolute atomic E-state index is 1.02. The average Bonchev–Trinajstić information content (AvgIpc) is 2.43. The SMILES string of the molecule is CCc1cc(CCNC)n(C)n1. The van der Waals surface area contributed by atoms with Crippen molar-refractivity contribution >= 4 is 0 Å². The highest BCUT2D eigenvalue weighted by Gasteiger charge is 2.01. The molecule has 0 spiro atoms. The van der Waals surface area contributed by atoms with Gasteiger partial charge in [0.2, 0.25) is 0 Å². The van der Waals surface area contributed by atoms with Gasteiger partial charge in [0.25, 0.3) is 0 Å². The smallest absolute Gasteiger partial charge is 0.0624 e. The third-order valence-corrected chi connectivity index (χ3v) is 2.02. The topological polar surface area (TPSA) is 29.9 Å². The molecule has 1 rings (SSSR count). The highest BCUT2D eigenvalue weighted by molar-refractivity contribution is 5.10. The lowest BCUT2D eigenvalue weighted by Gasteiger charge is -1.99. The summed E-state index contributed by atoms with van der Waals surface area (Å²) in [5.74, 6) is 0. The Morgan fingerprint density at radius 1 is 1.58 bits per heavy atom. The Morgan fingerprint density at radius 3 is 2.83 bits per heavy atom. The highest BCUT2D eigenvalue weighted by Crippen LogP contribution is 2.03. The second kappa shape index (κ2) is 4.26. The number of aryl methyl sites for hydroxylation is 2. The van der Waals surface area contributed by atoms with Crippen LogP contribution in [0.15, 0.2) is 6.07 Å². The Bertz CT molecular complexity index is 240. The Hall–Kier alpha value is -0.830. The first-order chi connectivity index (χ1) is 5.77. The molecule has 0 aliphatic rings. The van der Waals surface area contributed by atoms with Crippen LogP contribution in [0.4, 0.5) is 0 Å². The largest absolute Gasteiger partial charge is 0.319 e. The molecule has 0 fully saturated rings. The van der Waals surface area contributed by atoms with Gasteiger partial charge in [-0.3, -0.25) is 4.68 Å². The Labute approximate surface area is 73.8 Å². The summed E-state index contributed by atoms with van der Waals surface area (Å²) in [5, 5.41) is 7.50. The fourth-order valence-corrected chi connectivity index (χ4v) is 1.23. The molecule has 0 amide bonds. The first-order valence-electron chi connectivity index (χ1n) is 4.44. The zero-order chi connectivity index (χ0) is 8.97. The van der Waals surface area contributed by atoms with Gasteiger partial charge in [-0.05, 0) is 19.5 Å². The molecule has 0 atom stereocenters. The maximum Gasteiger partial charge on any atom is 0.0624 e. The zero-order valence-electron chi connectivity index (χ0n) is 8.09. The molecule has 1 N–H and O–H groups in total. The first kappa shape index (κ1) is 9.26. The summed E-state index contributed by atoms with van der Waals surface area (Å²) >= 11 is 0. The number of rotatable bonds is 4. The summed E-state index contributed by atoms with van der Waals surface area (Å²) in [6.45, 7) is 3.15. The monoisotopic (exact) mass is 167 g/mol. The van der Waals surface area contributed by atoms with Crippen LogP contribution < -0.4 is 5.32 Å². The molecule has 0 bridgehead atoms. The summed E-state index contributed by atoms with van der Waals surface area (Å²) in [7, 11) is 3.97. The van der Waals surface area contributed by atoms with Gasteiger partial charge < -0.3 is 5.32 Å². The molecule has 0 aliphatic carbocycles. The number of likely N-dealkylation sites (N-methyl/N-ethyl adjacent to an activating group) is 1.